The van der Waals surface area contributed by atoms with Crippen molar-refractivity contribution < 1.29 is 14.3 Å². The number of rotatable bonds is 3. The SMILES string of the molecule is COC(=O)c1cc(C(=O)N2CCN(C)CC2)cc(-n2cccc2)c1. The fourth-order valence-electron chi connectivity index (χ4n) is 2.82. The maximum absolute atomic E-state index is 12.8. The van der Waals surface area contributed by atoms with Gasteiger partial charge in [0.25, 0.3) is 5.91 Å². The zero-order valence-electron chi connectivity index (χ0n) is 13.9. The summed E-state index contributed by atoms with van der Waals surface area (Å²) in [7, 11) is 3.39. The van der Waals surface area contributed by atoms with Crippen molar-refractivity contribution in [3.63, 3.8) is 0 Å². The van der Waals surface area contributed by atoms with Gasteiger partial charge >= 0.3 is 5.97 Å². The summed E-state index contributed by atoms with van der Waals surface area (Å²) in [4.78, 5) is 28.8. The zero-order valence-corrected chi connectivity index (χ0v) is 13.9. The number of methoxy groups -OCH3 is 1. The predicted octanol–water partition coefficient (Wildman–Crippen LogP) is 1.65. The second-order valence-electron chi connectivity index (χ2n) is 5.95. The summed E-state index contributed by atoms with van der Waals surface area (Å²) in [6, 6.07) is 8.94. The van der Waals surface area contributed by atoms with Crippen molar-refractivity contribution in [3.8, 4) is 5.69 Å². The molecular weight excluding hydrogens is 306 g/mol. The Balaban J connectivity index is 1.95. The van der Waals surface area contributed by atoms with Crippen molar-refractivity contribution in [2.24, 2.45) is 0 Å². The number of piperazine rings is 1. The van der Waals surface area contributed by atoms with Gasteiger partial charge in [-0.15, -0.1) is 0 Å². The quantitative estimate of drug-likeness (QED) is 0.805. The summed E-state index contributed by atoms with van der Waals surface area (Å²) in [5, 5.41) is 0. The minimum atomic E-state index is -0.448. The fraction of sp³-hybridized carbons (Fsp3) is 0.333. The highest BCUT2D eigenvalue weighted by Crippen LogP contribution is 2.18. The molecule has 3 rings (SSSR count). The lowest BCUT2D eigenvalue weighted by molar-refractivity contribution is 0.0600. The Labute approximate surface area is 141 Å². The molecule has 2 heterocycles. The fourth-order valence-corrected chi connectivity index (χ4v) is 2.82. The molecule has 0 bridgehead atoms. The van der Waals surface area contributed by atoms with Crippen LogP contribution in [-0.4, -0.2) is 66.6 Å². The van der Waals surface area contributed by atoms with Crippen molar-refractivity contribution in [3.05, 3.63) is 53.9 Å². The summed E-state index contributed by atoms with van der Waals surface area (Å²) < 4.78 is 6.69. The lowest BCUT2D eigenvalue weighted by Crippen LogP contribution is -2.47. The average Bonchev–Trinajstić information content (AvgIpc) is 3.15. The second-order valence-corrected chi connectivity index (χ2v) is 5.95. The predicted molar refractivity (Wildman–Crippen MR) is 90.5 cm³/mol. The molecule has 1 aliphatic rings. The molecule has 0 N–H and O–H groups in total. The van der Waals surface area contributed by atoms with Crippen LogP contribution >= 0.6 is 0 Å². The second kappa shape index (κ2) is 6.88. The van der Waals surface area contributed by atoms with Crippen LogP contribution in [0, 0.1) is 0 Å². The van der Waals surface area contributed by atoms with Crippen LogP contribution in [0.4, 0.5) is 0 Å². The molecule has 0 atom stereocenters. The summed E-state index contributed by atoms with van der Waals surface area (Å²) in [6.07, 6.45) is 3.75. The molecule has 1 aromatic carbocycles. The number of esters is 1. The number of hydrogen-bond donors (Lipinski definition) is 0. The number of aromatic nitrogens is 1. The summed E-state index contributed by atoms with van der Waals surface area (Å²) in [5.74, 6) is -0.501. The summed E-state index contributed by atoms with van der Waals surface area (Å²) in [5.41, 5.74) is 1.65. The van der Waals surface area contributed by atoms with Gasteiger partial charge in [-0.2, -0.15) is 0 Å². The molecule has 1 amide bonds. The molecule has 6 heteroatoms. The monoisotopic (exact) mass is 327 g/mol. The van der Waals surface area contributed by atoms with Crippen LogP contribution in [0.1, 0.15) is 20.7 Å². The van der Waals surface area contributed by atoms with E-state index in [2.05, 4.69) is 4.90 Å². The van der Waals surface area contributed by atoms with Gasteiger partial charge in [-0.05, 0) is 37.4 Å². The highest BCUT2D eigenvalue weighted by Gasteiger charge is 2.22. The molecule has 6 nitrogen and oxygen atoms in total. The van der Waals surface area contributed by atoms with E-state index in [9.17, 15) is 9.59 Å². The van der Waals surface area contributed by atoms with E-state index in [4.69, 9.17) is 4.74 Å². The Kier molecular flexibility index (Phi) is 4.66. The van der Waals surface area contributed by atoms with Gasteiger partial charge in [0.15, 0.2) is 0 Å². The van der Waals surface area contributed by atoms with Crippen LogP contribution < -0.4 is 0 Å². The lowest BCUT2D eigenvalue weighted by atomic mass is 10.1. The molecular formula is C18H21N3O3. The van der Waals surface area contributed by atoms with Crippen LogP contribution in [0.25, 0.3) is 5.69 Å². The van der Waals surface area contributed by atoms with Crippen LogP contribution in [0.3, 0.4) is 0 Å². The molecule has 1 saturated heterocycles. The topological polar surface area (TPSA) is 54.8 Å². The number of nitrogens with zero attached hydrogens (tertiary/aromatic N) is 3. The highest BCUT2D eigenvalue weighted by molar-refractivity contribution is 5.99. The van der Waals surface area contributed by atoms with Crippen molar-refractivity contribution in [1.29, 1.82) is 0 Å². The van der Waals surface area contributed by atoms with E-state index in [1.54, 1.807) is 12.1 Å². The van der Waals surface area contributed by atoms with Gasteiger partial charge in [-0.3, -0.25) is 4.79 Å². The van der Waals surface area contributed by atoms with Gasteiger partial charge < -0.3 is 19.1 Å². The van der Waals surface area contributed by atoms with Gasteiger partial charge in [-0.1, -0.05) is 0 Å². The molecule has 0 saturated carbocycles. The van der Waals surface area contributed by atoms with E-state index in [1.807, 2.05) is 47.1 Å². The van der Waals surface area contributed by atoms with Crippen LogP contribution in [0.5, 0.6) is 0 Å². The molecule has 1 fully saturated rings. The Bertz CT molecular complexity index is 732. The maximum atomic E-state index is 12.8. The van der Waals surface area contributed by atoms with E-state index in [1.165, 1.54) is 7.11 Å². The largest absolute Gasteiger partial charge is 0.465 e. The van der Waals surface area contributed by atoms with E-state index >= 15 is 0 Å². The Morgan fingerprint density at radius 3 is 2.21 bits per heavy atom. The van der Waals surface area contributed by atoms with Gasteiger partial charge in [0.1, 0.15) is 0 Å². The Hall–Kier alpha value is -2.60. The van der Waals surface area contributed by atoms with E-state index in [0.29, 0.717) is 24.2 Å². The molecule has 126 valence electrons. The van der Waals surface area contributed by atoms with Crippen molar-refractivity contribution in [2.75, 3.05) is 40.3 Å². The third-order valence-corrected chi connectivity index (χ3v) is 4.28. The maximum Gasteiger partial charge on any atom is 0.337 e. The molecule has 0 spiro atoms. The third-order valence-electron chi connectivity index (χ3n) is 4.28. The summed E-state index contributed by atoms with van der Waals surface area (Å²) >= 11 is 0. The standard InChI is InChI=1S/C18H21N3O3/c1-19-7-9-21(10-8-19)17(22)14-11-15(18(23)24-2)13-16(12-14)20-5-3-4-6-20/h3-6,11-13H,7-10H2,1-2H3. The Morgan fingerprint density at radius 1 is 0.958 bits per heavy atom. The smallest absolute Gasteiger partial charge is 0.337 e. The molecule has 1 aromatic heterocycles. The van der Waals surface area contributed by atoms with E-state index in [0.717, 1.165) is 18.8 Å². The first-order chi connectivity index (χ1) is 11.6. The van der Waals surface area contributed by atoms with Gasteiger partial charge in [-0.25, -0.2) is 4.79 Å². The van der Waals surface area contributed by atoms with Gasteiger partial charge in [0.05, 0.1) is 12.7 Å². The van der Waals surface area contributed by atoms with Crippen LogP contribution in [-0.2, 0) is 4.74 Å². The lowest BCUT2D eigenvalue weighted by Gasteiger charge is -2.32. The van der Waals surface area contributed by atoms with Crippen molar-refractivity contribution in [1.82, 2.24) is 14.4 Å². The normalized spacial score (nSPS) is 15.3. The summed E-state index contributed by atoms with van der Waals surface area (Å²) in [6.45, 7) is 3.09. The number of benzene rings is 1. The molecule has 2 aromatic rings. The van der Waals surface area contributed by atoms with Crippen LogP contribution in [0.2, 0.25) is 0 Å². The first-order valence-electron chi connectivity index (χ1n) is 7.93. The molecule has 1 aliphatic heterocycles. The average molecular weight is 327 g/mol. The first-order valence-corrected chi connectivity index (χ1v) is 7.93. The number of carbonyl (C=O) groups is 2. The Morgan fingerprint density at radius 2 is 1.58 bits per heavy atom. The number of hydrogen-bond acceptors (Lipinski definition) is 4. The highest BCUT2D eigenvalue weighted by atomic mass is 16.5. The van der Waals surface area contributed by atoms with Gasteiger partial charge in [0, 0.05) is 49.8 Å². The number of likely N-dealkylation sites (N-methyl/N-ethyl adjacent to an activating group) is 1. The third kappa shape index (κ3) is 3.33. The number of carbonyl (C=O) groups excluding carboxylic acids is 2. The molecule has 0 radical (unpaired) electrons. The van der Waals surface area contributed by atoms with E-state index in [-0.39, 0.29) is 5.91 Å². The van der Waals surface area contributed by atoms with Crippen molar-refractivity contribution in [2.45, 2.75) is 0 Å². The van der Waals surface area contributed by atoms with Crippen molar-refractivity contribution >= 4 is 11.9 Å². The van der Waals surface area contributed by atoms with E-state index < -0.39 is 5.97 Å². The molecule has 0 unspecified atom stereocenters. The number of amides is 1. The molecule has 24 heavy (non-hydrogen) atoms. The minimum absolute atomic E-state index is 0.0535. The zero-order chi connectivity index (χ0) is 17.1. The van der Waals surface area contributed by atoms with Gasteiger partial charge in [0.2, 0.25) is 0 Å². The minimum Gasteiger partial charge on any atom is -0.465 e. The van der Waals surface area contributed by atoms with Crippen LogP contribution in [0.15, 0.2) is 42.7 Å². The first kappa shape index (κ1) is 16.3. The number of ether oxygens (including phenoxy) is 1. The molecule has 0 aliphatic carbocycles.